The van der Waals surface area contributed by atoms with Gasteiger partial charge in [-0.2, -0.15) is 4.98 Å². The number of hydrogen-bond acceptors (Lipinski definition) is 8. The highest BCUT2D eigenvalue weighted by molar-refractivity contribution is 7.99. The van der Waals surface area contributed by atoms with E-state index in [1.54, 1.807) is 11.6 Å². The van der Waals surface area contributed by atoms with E-state index in [-0.39, 0.29) is 5.25 Å². The number of likely N-dealkylation sites (N-methyl/N-ethyl adjacent to an activating group) is 1. The number of aromatic nitrogens is 6. The van der Waals surface area contributed by atoms with Gasteiger partial charge >= 0.3 is 0 Å². The van der Waals surface area contributed by atoms with Crippen molar-refractivity contribution in [1.29, 1.82) is 0 Å². The van der Waals surface area contributed by atoms with Crippen molar-refractivity contribution in [3.63, 3.8) is 0 Å². The Kier molecular flexibility index (Phi) is 4.48. The van der Waals surface area contributed by atoms with Gasteiger partial charge in [0.05, 0.1) is 11.8 Å². The van der Waals surface area contributed by atoms with Crippen LogP contribution in [0.15, 0.2) is 9.68 Å². The lowest BCUT2D eigenvalue weighted by atomic mass is 10.5. The molecule has 0 saturated carbocycles. The number of aryl methyl sites for hydroxylation is 1. The third-order valence-electron chi connectivity index (χ3n) is 2.43. The van der Waals surface area contributed by atoms with Gasteiger partial charge in [-0.1, -0.05) is 16.9 Å². The van der Waals surface area contributed by atoms with Gasteiger partial charge in [0.25, 0.3) is 0 Å². The molecule has 2 rings (SSSR count). The Morgan fingerprint density at radius 2 is 2.21 bits per heavy atom. The van der Waals surface area contributed by atoms with Gasteiger partial charge in [-0.15, -0.1) is 5.10 Å². The van der Waals surface area contributed by atoms with Crippen molar-refractivity contribution < 1.29 is 4.52 Å². The van der Waals surface area contributed by atoms with Crippen LogP contribution in [0.2, 0.25) is 0 Å². The van der Waals surface area contributed by atoms with Crippen LogP contribution in [0.1, 0.15) is 23.9 Å². The molecule has 0 N–H and O–H groups in total. The standard InChI is InChI=1S/C10H17N7OS/c1-7(9-11-8(2)13-18-9)19-10-12-14-15-17(10)6-5-16(3)4/h7H,5-6H2,1-4H3/t7-/m1/s1. The molecule has 0 spiro atoms. The highest BCUT2D eigenvalue weighted by atomic mass is 32.2. The zero-order valence-corrected chi connectivity index (χ0v) is 12.3. The Hall–Kier alpha value is -1.48. The van der Waals surface area contributed by atoms with E-state index in [0.29, 0.717) is 11.7 Å². The summed E-state index contributed by atoms with van der Waals surface area (Å²) in [5.74, 6) is 1.22. The predicted octanol–water partition coefficient (Wildman–Crippen LogP) is 0.779. The van der Waals surface area contributed by atoms with E-state index in [4.69, 9.17) is 4.52 Å². The Balaban J connectivity index is 2.01. The molecule has 2 aromatic rings. The van der Waals surface area contributed by atoms with E-state index >= 15 is 0 Å². The van der Waals surface area contributed by atoms with Crippen LogP contribution in [0.5, 0.6) is 0 Å². The average Bonchev–Trinajstić information content (AvgIpc) is 2.95. The molecule has 8 nitrogen and oxygen atoms in total. The molecular weight excluding hydrogens is 266 g/mol. The minimum atomic E-state index is 0.0188. The van der Waals surface area contributed by atoms with Crippen LogP contribution < -0.4 is 0 Å². The van der Waals surface area contributed by atoms with Gasteiger partial charge in [-0.3, -0.25) is 0 Å². The number of tetrazole rings is 1. The molecule has 19 heavy (non-hydrogen) atoms. The van der Waals surface area contributed by atoms with Crippen molar-refractivity contribution >= 4 is 11.8 Å². The molecular formula is C10H17N7OS. The van der Waals surface area contributed by atoms with Crippen LogP contribution in [-0.4, -0.2) is 55.9 Å². The summed E-state index contributed by atoms with van der Waals surface area (Å²) in [4.78, 5) is 6.29. The molecule has 2 heterocycles. The van der Waals surface area contributed by atoms with Gasteiger partial charge in [0.2, 0.25) is 11.0 Å². The number of hydrogen-bond donors (Lipinski definition) is 0. The molecule has 0 amide bonds. The maximum absolute atomic E-state index is 5.14. The Morgan fingerprint density at radius 3 is 2.84 bits per heavy atom. The molecule has 9 heteroatoms. The monoisotopic (exact) mass is 283 g/mol. The normalized spacial score (nSPS) is 13.1. The summed E-state index contributed by atoms with van der Waals surface area (Å²) in [6.07, 6.45) is 0. The third-order valence-corrected chi connectivity index (χ3v) is 3.49. The lowest BCUT2D eigenvalue weighted by molar-refractivity contribution is 0.360. The predicted molar refractivity (Wildman–Crippen MR) is 69.7 cm³/mol. The summed E-state index contributed by atoms with van der Waals surface area (Å²) in [5.41, 5.74) is 0. The van der Waals surface area contributed by atoms with Crippen molar-refractivity contribution in [1.82, 2.24) is 35.2 Å². The lowest BCUT2D eigenvalue weighted by Crippen LogP contribution is -2.19. The van der Waals surface area contributed by atoms with Gasteiger partial charge in [0, 0.05) is 6.54 Å². The first-order valence-electron chi connectivity index (χ1n) is 5.94. The molecule has 0 aliphatic rings. The first-order chi connectivity index (χ1) is 9.06. The van der Waals surface area contributed by atoms with Gasteiger partial charge < -0.3 is 9.42 Å². The van der Waals surface area contributed by atoms with Crippen molar-refractivity contribution in [2.75, 3.05) is 20.6 Å². The molecule has 0 fully saturated rings. The fourth-order valence-electron chi connectivity index (χ4n) is 1.40. The summed E-state index contributed by atoms with van der Waals surface area (Å²) >= 11 is 1.51. The summed E-state index contributed by atoms with van der Waals surface area (Å²) in [6.45, 7) is 5.42. The largest absolute Gasteiger partial charge is 0.338 e. The van der Waals surface area contributed by atoms with Crippen molar-refractivity contribution in [3.8, 4) is 0 Å². The maximum Gasteiger partial charge on any atom is 0.239 e. The van der Waals surface area contributed by atoms with E-state index < -0.39 is 0 Å². The second-order valence-electron chi connectivity index (χ2n) is 4.43. The molecule has 0 saturated heterocycles. The zero-order chi connectivity index (χ0) is 13.8. The molecule has 104 valence electrons. The second kappa shape index (κ2) is 6.11. The molecule has 2 aromatic heterocycles. The van der Waals surface area contributed by atoms with Crippen LogP contribution in [0.25, 0.3) is 0 Å². The van der Waals surface area contributed by atoms with Crippen LogP contribution in [-0.2, 0) is 6.54 Å². The van der Waals surface area contributed by atoms with Crippen molar-refractivity contribution in [3.05, 3.63) is 11.7 Å². The van der Waals surface area contributed by atoms with Gasteiger partial charge in [0.15, 0.2) is 5.82 Å². The van der Waals surface area contributed by atoms with E-state index in [2.05, 4.69) is 30.6 Å². The smallest absolute Gasteiger partial charge is 0.239 e. The molecule has 0 aliphatic carbocycles. The van der Waals surface area contributed by atoms with E-state index in [9.17, 15) is 0 Å². The Morgan fingerprint density at radius 1 is 1.42 bits per heavy atom. The van der Waals surface area contributed by atoms with E-state index in [0.717, 1.165) is 18.2 Å². The Bertz CT molecular complexity index is 523. The van der Waals surface area contributed by atoms with Crippen molar-refractivity contribution in [2.24, 2.45) is 0 Å². The number of thioether (sulfide) groups is 1. The fourth-order valence-corrected chi connectivity index (χ4v) is 2.25. The van der Waals surface area contributed by atoms with Gasteiger partial charge in [-0.25, -0.2) is 4.68 Å². The summed E-state index contributed by atoms with van der Waals surface area (Å²) in [5, 5.41) is 16.3. The molecule has 0 aliphatic heterocycles. The van der Waals surface area contributed by atoms with Crippen LogP contribution in [0.3, 0.4) is 0 Å². The number of rotatable bonds is 6. The van der Waals surface area contributed by atoms with E-state index in [1.807, 2.05) is 21.0 Å². The summed E-state index contributed by atoms with van der Waals surface area (Å²) < 4.78 is 6.93. The second-order valence-corrected chi connectivity index (χ2v) is 5.74. The average molecular weight is 283 g/mol. The topological polar surface area (TPSA) is 85.8 Å². The molecule has 0 aromatic carbocycles. The van der Waals surface area contributed by atoms with E-state index in [1.165, 1.54) is 11.8 Å². The minimum Gasteiger partial charge on any atom is -0.338 e. The first kappa shape index (κ1) is 13.9. The summed E-state index contributed by atoms with van der Waals surface area (Å²) in [6, 6.07) is 0. The molecule has 0 unspecified atom stereocenters. The van der Waals surface area contributed by atoms with Crippen molar-refractivity contribution in [2.45, 2.75) is 30.8 Å². The first-order valence-corrected chi connectivity index (χ1v) is 6.82. The third kappa shape index (κ3) is 3.74. The minimum absolute atomic E-state index is 0.0188. The highest BCUT2D eigenvalue weighted by Crippen LogP contribution is 2.31. The number of nitrogens with zero attached hydrogens (tertiary/aromatic N) is 7. The molecule has 0 bridgehead atoms. The Labute approximate surface area is 115 Å². The SMILES string of the molecule is Cc1noc([C@@H](C)Sc2nnnn2CCN(C)C)n1. The summed E-state index contributed by atoms with van der Waals surface area (Å²) in [7, 11) is 4.03. The highest BCUT2D eigenvalue weighted by Gasteiger charge is 2.18. The van der Waals surface area contributed by atoms with Crippen LogP contribution in [0.4, 0.5) is 0 Å². The van der Waals surface area contributed by atoms with Gasteiger partial charge in [-0.05, 0) is 38.4 Å². The molecule has 0 radical (unpaired) electrons. The van der Waals surface area contributed by atoms with Gasteiger partial charge in [0.1, 0.15) is 0 Å². The fraction of sp³-hybridized carbons (Fsp3) is 0.700. The van der Waals surface area contributed by atoms with Crippen LogP contribution in [0, 0.1) is 6.92 Å². The lowest BCUT2D eigenvalue weighted by Gasteiger charge is -2.10. The zero-order valence-electron chi connectivity index (χ0n) is 11.4. The quantitative estimate of drug-likeness (QED) is 0.719. The maximum atomic E-state index is 5.14. The van der Waals surface area contributed by atoms with Crippen LogP contribution >= 0.6 is 11.8 Å². The molecule has 1 atom stereocenters.